The molecule has 1 aromatic heterocycles. The van der Waals surface area contributed by atoms with Gasteiger partial charge in [-0.2, -0.15) is 11.8 Å². The van der Waals surface area contributed by atoms with Crippen molar-refractivity contribution in [3.63, 3.8) is 0 Å². The van der Waals surface area contributed by atoms with E-state index in [0.29, 0.717) is 25.3 Å². The third-order valence-electron chi connectivity index (χ3n) is 3.44. The molecule has 0 saturated carbocycles. The van der Waals surface area contributed by atoms with Crippen LogP contribution in [0.4, 0.5) is 4.79 Å². The van der Waals surface area contributed by atoms with Gasteiger partial charge in [-0.25, -0.2) is 9.78 Å². The Hall–Kier alpha value is -1.70. The zero-order valence-electron chi connectivity index (χ0n) is 12.0. The van der Waals surface area contributed by atoms with Gasteiger partial charge in [0.05, 0.1) is 12.5 Å². The summed E-state index contributed by atoms with van der Waals surface area (Å²) in [5, 5.41) is 11.8. The lowest BCUT2D eigenvalue weighted by molar-refractivity contribution is -0.137. The first kappa shape index (κ1) is 15.7. The van der Waals surface area contributed by atoms with E-state index in [0.717, 1.165) is 11.6 Å². The number of nitrogens with one attached hydrogen (secondary N) is 1. The molecule has 2 heterocycles. The second-order valence-electron chi connectivity index (χ2n) is 4.96. The number of carbonyl (C=O) groups excluding carboxylic acids is 1. The number of thioether (sulfide) groups is 1. The van der Waals surface area contributed by atoms with Crippen LogP contribution in [0.3, 0.4) is 0 Å². The van der Waals surface area contributed by atoms with Gasteiger partial charge in [0.1, 0.15) is 5.82 Å². The molecule has 116 valence electrons. The molecule has 0 aliphatic carbocycles. The fourth-order valence-corrected chi connectivity index (χ4v) is 3.38. The summed E-state index contributed by atoms with van der Waals surface area (Å²) in [5.41, 5.74) is 0. The molecule has 0 aromatic carbocycles. The summed E-state index contributed by atoms with van der Waals surface area (Å²) in [7, 11) is 1.91. The summed E-state index contributed by atoms with van der Waals surface area (Å²) >= 11 is 1.69. The zero-order chi connectivity index (χ0) is 15.2. The fourth-order valence-electron chi connectivity index (χ4n) is 2.31. The van der Waals surface area contributed by atoms with E-state index in [1.54, 1.807) is 22.9 Å². The minimum atomic E-state index is -0.867. The monoisotopic (exact) mass is 312 g/mol. The van der Waals surface area contributed by atoms with Crippen molar-refractivity contribution in [2.75, 3.05) is 24.6 Å². The largest absolute Gasteiger partial charge is 0.481 e. The number of nitrogens with zero attached hydrogens (tertiary/aromatic N) is 3. The molecule has 2 amide bonds. The number of amides is 2. The molecule has 0 radical (unpaired) electrons. The minimum Gasteiger partial charge on any atom is -0.481 e. The van der Waals surface area contributed by atoms with Gasteiger partial charge in [0.25, 0.3) is 0 Å². The van der Waals surface area contributed by atoms with Crippen LogP contribution in [0, 0.1) is 0 Å². The normalized spacial score (nSPS) is 18.5. The van der Waals surface area contributed by atoms with Crippen LogP contribution >= 0.6 is 11.8 Å². The number of aromatic nitrogens is 2. The molecule has 2 N–H and O–H groups in total. The number of aliphatic carboxylic acids is 1. The van der Waals surface area contributed by atoms with Gasteiger partial charge >= 0.3 is 12.0 Å². The Morgan fingerprint density at radius 1 is 1.57 bits per heavy atom. The predicted octanol–water partition coefficient (Wildman–Crippen LogP) is 0.564. The molecular weight excluding hydrogens is 292 g/mol. The molecule has 1 atom stereocenters. The molecule has 1 unspecified atom stereocenters. The van der Waals surface area contributed by atoms with Gasteiger partial charge < -0.3 is 19.9 Å². The molecule has 2 rings (SSSR count). The highest BCUT2D eigenvalue weighted by Gasteiger charge is 2.28. The summed E-state index contributed by atoms with van der Waals surface area (Å²) in [4.78, 5) is 28.9. The maximum Gasteiger partial charge on any atom is 0.317 e. The van der Waals surface area contributed by atoms with Crippen LogP contribution in [0.5, 0.6) is 0 Å². The maximum atomic E-state index is 12.2. The number of carbonyl (C=O) groups is 2. The van der Waals surface area contributed by atoms with Crippen molar-refractivity contribution < 1.29 is 14.7 Å². The average Bonchev–Trinajstić information content (AvgIpc) is 2.84. The Morgan fingerprint density at radius 2 is 2.38 bits per heavy atom. The minimum absolute atomic E-state index is 0.000212. The number of carboxylic acids is 1. The fraction of sp³-hybridized carbons (Fsp3) is 0.615. The highest BCUT2D eigenvalue weighted by atomic mass is 32.2. The third kappa shape index (κ3) is 4.38. The summed E-state index contributed by atoms with van der Waals surface area (Å²) in [5.74, 6) is 1.57. The molecule has 21 heavy (non-hydrogen) atoms. The second kappa shape index (κ2) is 7.35. The number of hydrogen-bond acceptors (Lipinski definition) is 4. The van der Waals surface area contributed by atoms with Crippen molar-refractivity contribution in [2.24, 2.45) is 7.05 Å². The predicted molar refractivity (Wildman–Crippen MR) is 80.4 cm³/mol. The lowest BCUT2D eigenvalue weighted by Crippen LogP contribution is -2.51. The summed E-state index contributed by atoms with van der Waals surface area (Å²) in [6.07, 6.45) is 4.24. The molecule has 1 aliphatic rings. The molecular formula is C13H20N4O3S. The molecule has 1 saturated heterocycles. The highest BCUT2D eigenvalue weighted by molar-refractivity contribution is 7.99. The van der Waals surface area contributed by atoms with Crippen molar-refractivity contribution in [3.8, 4) is 0 Å². The van der Waals surface area contributed by atoms with E-state index in [4.69, 9.17) is 5.11 Å². The van der Waals surface area contributed by atoms with Crippen LogP contribution in [0.1, 0.15) is 12.2 Å². The van der Waals surface area contributed by atoms with E-state index >= 15 is 0 Å². The highest BCUT2D eigenvalue weighted by Crippen LogP contribution is 2.19. The molecule has 1 fully saturated rings. The molecule has 8 heteroatoms. The third-order valence-corrected chi connectivity index (χ3v) is 4.54. The number of imidazole rings is 1. The van der Waals surface area contributed by atoms with Crippen LogP contribution in [0.2, 0.25) is 0 Å². The van der Waals surface area contributed by atoms with E-state index in [2.05, 4.69) is 10.3 Å². The number of hydrogen-bond donors (Lipinski definition) is 2. The van der Waals surface area contributed by atoms with Crippen molar-refractivity contribution in [1.29, 1.82) is 0 Å². The van der Waals surface area contributed by atoms with Gasteiger partial charge in [-0.3, -0.25) is 4.79 Å². The van der Waals surface area contributed by atoms with E-state index in [1.807, 2.05) is 17.8 Å². The Bertz CT molecular complexity index is 505. The smallest absolute Gasteiger partial charge is 0.317 e. The number of rotatable bonds is 5. The first-order valence-electron chi connectivity index (χ1n) is 6.88. The van der Waals surface area contributed by atoms with E-state index in [1.165, 1.54) is 0 Å². The zero-order valence-corrected chi connectivity index (χ0v) is 12.8. The van der Waals surface area contributed by atoms with Gasteiger partial charge in [0.2, 0.25) is 0 Å². The average molecular weight is 312 g/mol. The van der Waals surface area contributed by atoms with Crippen molar-refractivity contribution >= 4 is 23.8 Å². The van der Waals surface area contributed by atoms with Crippen LogP contribution in [-0.2, 0) is 18.3 Å². The molecule has 1 aromatic rings. The molecule has 1 aliphatic heterocycles. The Balaban J connectivity index is 1.83. The Kier molecular flexibility index (Phi) is 5.49. The first-order chi connectivity index (χ1) is 10.1. The van der Waals surface area contributed by atoms with Gasteiger partial charge in [-0.15, -0.1) is 0 Å². The first-order valence-corrected chi connectivity index (χ1v) is 8.03. The van der Waals surface area contributed by atoms with Crippen LogP contribution < -0.4 is 5.32 Å². The molecule has 0 bridgehead atoms. The van der Waals surface area contributed by atoms with E-state index < -0.39 is 5.97 Å². The maximum absolute atomic E-state index is 12.2. The summed E-state index contributed by atoms with van der Waals surface area (Å²) < 4.78 is 1.91. The summed E-state index contributed by atoms with van der Waals surface area (Å²) in [6.45, 7) is 1.09. The lowest BCUT2D eigenvalue weighted by Gasteiger charge is -2.34. The van der Waals surface area contributed by atoms with E-state index in [9.17, 15) is 9.59 Å². The Labute approximate surface area is 127 Å². The second-order valence-corrected chi connectivity index (χ2v) is 6.11. The van der Waals surface area contributed by atoms with Crippen molar-refractivity contribution in [1.82, 2.24) is 19.8 Å². The lowest BCUT2D eigenvalue weighted by atomic mass is 10.2. The SMILES string of the molecule is Cn1ccnc1CCNC(=O)N1CCSCC1CC(=O)O. The number of aryl methyl sites for hydroxylation is 1. The standard InChI is InChI=1S/C13H20N4O3S/c1-16-5-4-14-11(16)2-3-15-13(20)17-6-7-21-9-10(17)8-12(18)19/h4-5,10H,2-3,6-9H2,1H3,(H,15,20)(H,18,19). The molecule has 7 nitrogen and oxygen atoms in total. The van der Waals surface area contributed by atoms with Gasteiger partial charge in [-0.1, -0.05) is 0 Å². The topological polar surface area (TPSA) is 87.5 Å². The van der Waals surface area contributed by atoms with Gasteiger partial charge in [-0.05, 0) is 0 Å². The van der Waals surface area contributed by atoms with Crippen molar-refractivity contribution in [3.05, 3.63) is 18.2 Å². The number of carboxylic acid groups (broad SMARTS) is 1. The molecule has 0 spiro atoms. The van der Waals surface area contributed by atoms with Gasteiger partial charge in [0, 0.05) is 50.5 Å². The Morgan fingerprint density at radius 3 is 3.05 bits per heavy atom. The van der Waals surface area contributed by atoms with Gasteiger partial charge in [0.15, 0.2) is 0 Å². The van der Waals surface area contributed by atoms with Crippen LogP contribution in [0.25, 0.3) is 0 Å². The van der Waals surface area contributed by atoms with Crippen LogP contribution in [0.15, 0.2) is 12.4 Å². The summed E-state index contributed by atoms with van der Waals surface area (Å²) in [6, 6.07) is -0.412. The van der Waals surface area contributed by atoms with Crippen molar-refractivity contribution in [2.45, 2.75) is 18.9 Å². The van der Waals surface area contributed by atoms with Crippen LogP contribution in [-0.4, -0.2) is 62.2 Å². The van der Waals surface area contributed by atoms with E-state index in [-0.39, 0.29) is 18.5 Å². The quantitative estimate of drug-likeness (QED) is 0.830. The number of urea groups is 1.